The van der Waals surface area contributed by atoms with Crippen LogP contribution in [0.2, 0.25) is 0 Å². The van der Waals surface area contributed by atoms with Crippen LogP contribution < -0.4 is 4.74 Å². The molecule has 0 N–H and O–H groups in total. The minimum atomic E-state index is -0.137. The molecule has 0 spiro atoms. The van der Waals surface area contributed by atoms with E-state index < -0.39 is 0 Å². The zero-order valence-electron chi connectivity index (χ0n) is 8.44. The highest BCUT2D eigenvalue weighted by atomic mass is 79.9. The molecule has 0 radical (unpaired) electrons. The number of rotatable bonds is 4. The van der Waals surface area contributed by atoms with Crippen LogP contribution in [0.15, 0.2) is 12.1 Å². The van der Waals surface area contributed by atoms with Crippen LogP contribution in [0.5, 0.6) is 5.75 Å². The highest BCUT2D eigenvalue weighted by Crippen LogP contribution is 2.25. The van der Waals surface area contributed by atoms with Gasteiger partial charge in [-0.15, -0.1) is 0 Å². The van der Waals surface area contributed by atoms with Gasteiger partial charge in [-0.1, -0.05) is 29.3 Å². The first-order chi connectivity index (χ1) is 6.72. The number of aryl methyl sites for hydroxylation is 1. The number of methoxy groups -OCH3 is 1. The van der Waals surface area contributed by atoms with Gasteiger partial charge in [0, 0.05) is 10.9 Å². The van der Waals surface area contributed by atoms with Crippen molar-refractivity contribution in [2.45, 2.75) is 25.1 Å². The summed E-state index contributed by atoms with van der Waals surface area (Å²) in [6.07, 6.45) is 1.69. The molecule has 1 rings (SSSR count). The predicted molar refractivity (Wildman–Crippen MR) is 59.6 cm³/mol. The van der Waals surface area contributed by atoms with E-state index in [1.54, 1.807) is 19.2 Å². The molecule has 0 aliphatic carbocycles. The summed E-state index contributed by atoms with van der Waals surface area (Å²) >= 11 is 3.30. The van der Waals surface area contributed by atoms with Crippen molar-refractivity contribution in [2.75, 3.05) is 7.11 Å². The monoisotopic (exact) mass is 260 g/mol. The van der Waals surface area contributed by atoms with Crippen molar-refractivity contribution in [2.24, 2.45) is 0 Å². The average molecular weight is 261 g/mol. The first kappa shape index (κ1) is 11.5. The van der Waals surface area contributed by atoms with Crippen LogP contribution in [-0.4, -0.2) is 7.11 Å². The zero-order valence-corrected chi connectivity index (χ0v) is 10.0. The maximum atomic E-state index is 13.5. The first-order valence-corrected chi connectivity index (χ1v) is 5.76. The highest BCUT2D eigenvalue weighted by Gasteiger charge is 2.08. The normalized spacial score (nSPS) is 10.3. The Morgan fingerprint density at radius 2 is 2.07 bits per heavy atom. The molecule has 0 saturated heterocycles. The molecule has 0 fully saturated rings. The van der Waals surface area contributed by atoms with Gasteiger partial charge < -0.3 is 4.74 Å². The molecular weight excluding hydrogens is 247 g/mol. The molecule has 0 aliphatic rings. The summed E-state index contributed by atoms with van der Waals surface area (Å²) in [4.78, 5) is 0. The second-order valence-electron chi connectivity index (χ2n) is 3.14. The molecule has 1 aromatic carbocycles. The lowest BCUT2D eigenvalue weighted by atomic mass is 10.1. The summed E-state index contributed by atoms with van der Waals surface area (Å²) in [5.74, 6) is 0.619. The number of hydrogen-bond acceptors (Lipinski definition) is 1. The molecule has 0 aromatic heterocycles. The van der Waals surface area contributed by atoms with E-state index in [1.807, 2.05) is 6.92 Å². The van der Waals surface area contributed by atoms with Crippen molar-refractivity contribution < 1.29 is 9.13 Å². The molecule has 1 nitrogen and oxygen atoms in total. The highest BCUT2D eigenvalue weighted by molar-refractivity contribution is 9.08. The van der Waals surface area contributed by atoms with Crippen LogP contribution >= 0.6 is 15.9 Å². The molecule has 1 aromatic rings. The lowest BCUT2D eigenvalue weighted by Crippen LogP contribution is -1.96. The lowest BCUT2D eigenvalue weighted by molar-refractivity contribution is 0.409. The molecule has 0 amide bonds. The maximum absolute atomic E-state index is 13.5. The Labute approximate surface area is 92.4 Å². The van der Waals surface area contributed by atoms with Gasteiger partial charge in [-0.25, -0.2) is 4.39 Å². The minimum absolute atomic E-state index is 0.137. The summed E-state index contributed by atoms with van der Waals surface area (Å²) in [5, 5.41) is 0.611. The minimum Gasteiger partial charge on any atom is -0.496 e. The van der Waals surface area contributed by atoms with E-state index in [0.29, 0.717) is 5.33 Å². The van der Waals surface area contributed by atoms with E-state index in [1.165, 1.54) is 0 Å². The second kappa shape index (κ2) is 5.35. The zero-order chi connectivity index (χ0) is 10.6. The number of hydrogen-bond donors (Lipinski definition) is 0. The van der Waals surface area contributed by atoms with E-state index in [4.69, 9.17) is 4.74 Å². The average Bonchev–Trinajstić information content (AvgIpc) is 2.20. The van der Waals surface area contributed by atoms with Gasteiger partial charge in [0.1, 0.15) is 11.6 Å². The molecular formula is C11H14BrFO. The Balaban J connectivity index is 3.09. The van der Waals surface area contributed by atoms with Crippen LogP contribution in [0.25, 0.3) is 0 Å². The fraction of sp³-hybridized carbons (Fsp3) is 0.455. The van der Waals surface area contributed by atoms with Gasteiger partial charge >= 0.3 is 0 Å². The summed E-state index contributed by atoms with van der Waals surface area (Å²) in [6.45, 7) is 2.03. The summed E-state index contributed by atoms with van der Waals surface area (Å²) in [6, 6.07) is 3.33. The van der Waals surface area contributed by atoms with Gasteiger partial charge in [0.15, 0.2) is 0 Å². The van der Waals surface area contributed by atoms with Crippen LogP contribution in [0, 0.1) is 5.82 Å². The van der Waals surface area contributed by atoms with E-state index in [-0.39, 0.29) is 5.82 Å². The summed E-state index contributed by atoms with van der Waals surface area (Å²) in [5.41, 5.74) is 1.58. The Morgan fingerprint density at radius 1 is 1.36 bits per heavy atom. The SMILES string of the molecule is CCCc1cc(OC)c(CBr)cc1F. The third-order valence-corrected chi connectivity index (χ3v) is 2.72. The third kappa shape index (κ3) is 2.47. The van der Waals surface area contributed by atoms with Crippen molar-refractivity contribution in [3.05, 3.63) is 29.1 Å². The largest absolute Gasteiger partial charge is 0.496 e. The van der Waals surface area contributed by atoms with Crippen molar-refractivity contribution in [3.8, 4) is 5.75 Å². The fourth-order valence-corrected chi connectivity index (χ4v) is 1.83. The molecule has 14 heavy (non-hydrogen) atoms. The van der Waals surface area contributed by atoms with Crippen LogP contribution in [0.1, 0.15) is 24.5 Å². The van der Waals surface area contributed by atoms with Crippen molar-refractivity contribution in [1.29, 1.82) is 0 Å². The number of benzene rings is 1. The van der Waals surface area contributed by atoms with Gasteiger partial charge in [-0.3, -0.25) is 0 Å². The van der Waals surface area contributed by atoms with Crippen LogP contribution in [-0.2, 0) is 11.8 Å². The van der Waals surface area contributed by atoms with Crippen LogP contribution in [0.3, 0.4) is 0 Å². The van der Waals surface area contributed by atoms with Gasteiger partial charge in [0.05, 0.1) is 7.11 Å². The predicted octanol–water partition coefficient (Wildman–Crippen LogP) is 3.68. The number of ether oxygens (including phenoxy) is 1. The Hall–Kier alpha value is -0.570. The quantitative estimate of drug-likeness (QED) is 0.751. The second-order valence-corrected chi connectivity index (χ2v) is 3.70. The molecule has 0 saturated carbocycles. The van der Waals surface area contributed by atoms with Crippen molar-refractivity contribution in [1.82, 2.24) is 0 Å². The maximum Gasteiger partial charge on any atom is 0.126 e. The van der Waals surface area contributed by atoms with Crippen LogP contribution in [0.4, 0.5) is 4.39 Å². The third-order valence-electron chi connectivity index (χ3n) is 2.11. The van der Waals surface area contributed by atoms with Gasteiger partial charge in [-0.05, 0) is 24.1 Å². The Kier molecular flexibility index (Phi) is 4.39. The summed E-state index contributed by atoms with van der Waals surface area (Å²) in [7, 11) is 1.61. The smallest absolute Gasteiger partial charge is 0.126 e. The molecule has 0 heterocycles. The van der Waals surface area contributed by atoms with Gasteiger partial charge in [-0.2, -0.15) is 0 Å². The standard InChI is InChI=1S/C11H14BrFO/c1-3-4-8-6-11(14-2)9(7-12)5-10(8)13/h5-6H,3-4,7H2,1-2H3. The molecule has 3 heteroatoms. The number of alkyl halides is 1. The van der Waals surface area contributed by atoms with E-state index in [9.17, 15) is 4.39 Å². The Bertz CT molecular complexity index is 312. The van der Waals surface area contributed by atoms with E-state index in [2.05, 4.69) is 15.9 Å². The van der Waals surface area contributed by atoms with E-state index in [0.717, 1.165) is 29.7 Å². The molecule has 0 aliphatic heterocycles. The fourth-order valence-electron chi connectivity index (χ4n) is 1.39. The molecule has 0 unspecified atom stereocenters. The molecule has 78 valence electrons. The Morgan fingerprint density at radius 3 is 2.57 bits per heavy atom. The van der Waals surface area contributed by atoms with Crippen molar-refractivity contribution in [3.63, 3.8) is 0 Å². The topological polar surface area (TPSA) is 9.23 Å². The first-order valence-electron chi connectivity index (χ1n) is 4.64. The van der Waals surface area contributed by atoms with Gasteiger partial charge in [0.2, 0.25) is 0 Å². The van der Waals surface area contributed by atoms with Crippen molar-refractivity contribution >= 4 is 15.9 Å². The molecule has 0 bridgehead atoms. The lowest BCUT2D eigenvalue weighted by Gasteiger charge is -2.09. The van der Waals surface area contributed by atoms with E-state index >= 15 is 0 Å². The number of halogens is 2. The molecule has 0 atom stereocenters. The van der Waals surface area contributed by atoms with Gasteiger partial charge in [0.25, 0.3) is 0 Å². The summed E-state index contributed by atoms with van der Waals surface area (Å²) < 4.78 is 18.6.